The molecule has 0 aromatic heterocycles. The lowest BCUT2D eigenvalue weighted by Crippen LogP contribution is -2.49. The molecule has 2 aliphatic heterocycles. The number of carbonyl (C=O) groups is 1. The third-order valence-electron chi connectivity index (χ3n) is 5.48. The van der Waals surface area contributed by atoms with Crippen molar-refractivity contribution in [3.63, 3.8) is 0 Å². The fourth-order valence-corrected chi connectivity index (χ4v) is 4.04. The molecule has 1 saturated heterocycles. The molecule has 30 heavy (non-hydrogen) atoms. The first-order valence-electron chi connectivity index (χ1n) is 10.1. The number of rotatable bonds is 7. The number of hydrogen-bond donors (Lipinski definition) is 0. The lowest BCUT2D eigenvalue weighted by Gasteiger charge is -2.37. The Bertz CT molecular complexity index is 939. The highest BCUT2D eigenvalue weighted by molar-refractivity contribution is 6.32. The van der Waals surface area contributed by atoms with Crippen LogP contribution in [0, 0.1) is 5.92 Å². The smallest absolute Gasteiger partial charge is 0.311 e. The van der Waals surface area contributed by atoms with Crippen LogP contribution in [0.15, 0.2) is 47.6 Å². The van der Waals surface area contributed by atoms with Crippen molar-refractivity contribution in [1.82, 2.24) is 4.90 Å². The van der Waals surface area contributed by atoms with Crippen molar-refractivity contribution in [3.8, 4) is 5.75 Å². The molecule has 4 rings (SSSR count). The molecule has 1 fully saturated rings. The molecule has 0 bridgehead atoms. The molecule has 0 radical (unpaired) electrons. The molecular formula is C23H25ClN2O4. The highest BCUT2D eigenvalue weighted by atomic mass is 35.5. The molecule has 1 atom stereocenters. The van der Waals surface area contributed by atoms with Gasteiger partial charge in [0.1, 0.15) is 5.75 Å². The Morgan fingerprint density at radius 3 is 2.67 bits per heavy atom. The Labute approximate surface area is 181 Å². The van der Waals surface area contributed by atoms with E-state index in [1.807, 2.05) is 25.1 Å². The first-order chi connectivity index (χ1) is 14.6. The van der Waals surface area contributed by atoms with Gasteiger partial charge in [-0.05, 0) is 35.7 Å². The number of carbonyl (C=O) groups excluding carboxylic acids is 1. The predicted molar refractivity (Wildman–Crippen MR) is 115 cm³/mol. The van der Waals surface area contributed by atoms with E-state index in [0.29, 0.717) is 23.8 Å². The first kappa shape index (κ1) is 20.7. The molecule has 0 saturated carbocycles. The second-order valence-electron chi connectivity index (χ2n) is 7.57. The van der Waals surface area contributed by atoms with Crippen LogP contribution in [0.1, 0.15) is 36.1 Å². The fraction of sp³-hybridized carbons (Fsp3) is 0.391. The zero-order chi connectivity index (χ0) is 21.1. The van der Waals surface area contributed by atoms with Gasteiger partial charge in [0.2, 0.25) is 0 Å². The Balaban J connectivity index is 1.32. The summed E-state index contributed by atoms with van der Waals surface area (Å²) in [6, 6.07) is 14.1. The van der Waals surface area contributed by atoms with Gasteiger partial charge in [-0.15, -0.1) is 0 Å². The van der Waals surface area contributed by atoms with E-state index in [1.165, 1.54) is 12.7 Å². The molecule has 0 aliphatic carbocycles. The van der Waals surface area contributed by atoms with Gasteiger partial charge in [0.15, 0.2) is 6.10 Å². The topological polar surface area (TPSA) is 60.4 Å². The van der Waals surface area contributed by atoms with Gasteiger partial charge in [-0.25, -0.2) is 0 Å². The van der Waals surface area contributed by atoms with Crippen LogP contribution in [-0.2, 0) is 20.9 Å². The van der Waals surface area contributed by atoms with Gasteiger partial charge in [-0.3, -0.25) is 9.69 Å². The van der Waals surface area contributed by atoms with Crippen molar-refractivity contribution < 1.29 is 19.1 Å². The fourth-order valence-electron chi connectivity index (χ4n) is 3.79. The zero-order valence-electron chi connectivity index (χ0n) is 17.1. The van der Waals surface area contributed by atoms with Crippen molar-refractivity contribution in [2.75, 3.05) is 26.8 Å². The maximum absolute atomic E-state index is 11.5. The van der Waals surface area contributed by atoms with Crippen LogP contribution in [0.25, 0.3) is 0 Å². The first-order valence-corrected chi connectivity index (χ1v) is 10.5. The minimum atomic E-state index is -0.149. The molecular weight excluding hydrogens is 404 g/mol. The van der Waals surface area contributed by atoms with Crippen molar-refractivity contribution in [2.45, 2.75) is 26.0 Å². The summed E-state index contributed by atoms with van der Waals surface area (Å²) >= 11 is 6.30. The van der Waals surface area contributed by atoms with Gasteiger partial charge in [-0.1, -0.05) is 47.1 Å². The Hall–Kier alpha value is -2.57. The Morgan fingerprint density at radius 1 is 1.23 bits per heavy atom. The summed E-state index contributed by atoms with van der Waals surface area (Å²) in [7, 11) is 1.44. The van der Waals surface area contributed by atoms with Crippen molar-refractivity contribution in [3.05, 3.63) is 64.2 Å². The third-order valence-corrected chi connectivity index (χ3v) is 5.78. The molecule has 2 aromatic carbocycles. The second kappa shape index (κ2) is 9.06. The van der Waals surface area contributed by atoms with E-state index in [0.717, 1.165) is 36.5 Å². The van der Waals surface area contributed by atoms with Gasteiger partial charge in [0.25, 0.3) is 0 Å². The molecule has 0 amide bonds. The summed E-state index contributed by atoms with van der Waals surface area (Å²) in [5, 5.41) is 4.87. The van der Waals surface area contributed by atoms with Crippen LogP contribution in [0.3, 0.4) is 0 Å². The number of halogens is 1. The number of esters is 1. The van der Waals surface area contributed by atoms with E-state index in [-0.39, 0.29) is 18.0 Å². The highest BCUT2D eigenvalue weighted by Gasteiger charge is 2.33. The summed E-state index contributed by atoms with van der Waals surface area (Å²) in [6.07, 6.45) is 0.542. The van der Waals surface area contributed by atoms with E-state index in [9.17, 15) is 4.79 Å². The summed E-state index contributed by atoms with van der Waals surface area (Å²) in [5.74, 6) is 0.564. The number of nitrogens with zero attached hydrogens (tertiary/aromatic N) is 2. The SMILES string of the molecule is CCOc1ccc(C2CC(c3ccc(CN4CC(C(=O)OC)C4)cc3)=NO2)cc1Cl. The van der Waals surface area contributed by atoms with Gasteiger partial charge in [-0.2, -0.15) is 0 Å². The maximum atomic E-state index is 11.5. The Kier molecular flexibility index (Phi) is 6.25. The molecule has 2 aliphatic rings. The average molecular weight is 429 g/mol. The predicted octanol–water partition coefficient (Wildman–Crippen LogP) is 4.21. The molecule has 2 heterocycles. The molecule has 0 N–H and O–H groups in total. The van der Waals surface area contributed by atoms with Gasteiger partial charge in [0.05, 0.1) is 30.4 Å². The largest absolute Gasteiger partial charge is 0.492 e. The zero-order valence-corrected chi connectivity index (χ0v) is 17.9. The van der Waals surface area contributed by atoms with Gasteiger partial charge < -0.3 is 14.3 Å². The van der Waals surface area contributed by atoms with Crippen LogP contribution in [0.5, 0.6) is 5.75 Å². The number of likely N-dealkylation sites (tertiary alicyclic amines) is 1. The standard InChI is InChI=1S/C23H25ClN2O4/c1-3-29-21-9-8-17(10-19(21)24)22-11-20(25-30-22)16-6-4-15(5-7-16)12-26-13-18(14-26)23(27)28-2/h4-10,18,22H,3,11-14H2,1-2H3. The normalized spacial score (nSPS) is 19.0. The van der Waals surface area contributed by atoms with Crippen molar-refractivity contribution in [2.24, 2.45) is 11.1 Å². The quantitative estimate of drug-likeness (QED) is 0.618. The number of oxime groups is 1. The summed E-state index contributed by atoms with van der Waals surface area (Å²) < 4.78 is 10.3. The Morgan fingerprint density at radius 2 is 2.00 bits per heavy atom. The van der Waals surface area contributed by atoms with Crippen LogP contribution in [0.2, 0.25) is 5.02 Å². The van der Waals surface area contributed by atoms with E-state index >= 15 is 0 Å². The lowest BCUT2D eigenvalue weighted by atomic mass is 9.97. The van der Waals surface area contributed by atoms with E-state index in [1.54, 1.807) is 0 Å². The molecule has 1 unspecified atom stereocenters. The molecule has 6 nitrogen and oxygen atoms in total. The second-order valence-corrected chi connectivity index (χ2v) is 7.98. The number of methoxy groups -OCH3 is 1. The lowest BCUT2D eigenvalue weighted by molar-refractivity contribution is -0.151. The van der Waals surface area contributed by atoms with Crippen molar-refractivity contribution >= 4 is 23.3 Å². The number of hydrogen-bond acceptors (Lipinski definition) is 6. The molecule has 0 spiro atoms. The van der Waals surface area contributed by atoms with Crippen LogP contribution in [-0.4, -0.2) is 43.4 Å². The summed E-state index contributed by atoms with van der Waals surface area (Å²) in [4.78, 5) is 19.4. The maximum Gasteiger partial charge on any atom is 0.311 e. The van der Waals surface area contributed by atoms with Crippen LogP contribution < -0.4 is 4.74 Å². The molecule has 158 valence electrons. The van der Waals surface area contributed by atoms with Gasteiger partial charge in [0, 0.05) is 26.1 Å². The minimum Gasteiger partial charge on any atom is -0.492 e. The number of benzene rings is 2. The van der Waals surface area contributed by atoms with Gasteiger partial charge >= 0.3 is 5.97 Å². The summed E-state index contributed by atoms with van der Waals surface area (Å²) in [6.45, 7) is 4.83. The summed E-state index contributed by atoms with van der Waals surface area (Å²) in [5.41, 5.74) is 4.16. The molecule has 2 aromatic rings. The molecule has 7 heteroatoms. The minimum absolute atomic E-state index is 0.00676. The van der Waals surface area contributed by atoms with E-state index < -0.39 is 0 Å². The number of ether oxygens (including phenoxy) is 2. The highest BCUT2D eigenvalue weighted by Crippen LogP contribution is 2.34. The monoisotopic (exact) mass is 428 g/mol. The van der Waals surface area contributed by atoms with Crippen molar-refractivity contribution in [1.29, 1.82) is 0 Å². The average Bonchev–Trinajstić information content (AvgIpc) is 3.22. The third kappa shape index (κ3) is 4.45. The van der Waals surface area contributed by atoms with Crippen LogP contribution >= 0.6 is 11.6 Å². The van der Waals surface area contributed by atoms with Crippen LogP contribution in [0.4, 0.5) is 0 Å². The van der Waals surface area contributed by atoms with E-state index in [2.05, 4.69) is 34.3 Å². The van der Waals surface area contributed by atoms with E-state index in [4.69, 9.17) is 25.9 Å².